The highest BCUT2D eigenvalue weighted by molar-refractivity contribution is 5.25. The average molecular weight is 151 g/mol. The molecule has 3 nitrogen and oxygen atoms in total. The molecule has 0 aromatic carbocycles. The van der Waals surface area contributed by atoms with Gasteiger partial charge in [-0.05, 0) is 24.1 Å². The highest BCUT2D eigenvalue weighted by Crippen LogP contribution is 2.06. The largest absolute Gasteiger partial charge is 0.326 e. The van der Waals surface area contributed by atoms with Crippen molar-refractivity contribution in [2.75, 3.05) is 0 Å². The number of hydrogen-bond acceptors (Lipinski definition) is 3. The third-order valence-corrected chi connectivity index (χ3v) is 1.66. The fourth-order valence-electron chi connectivity index (χ4n) is 1.02. The Balaban J connectivity index is 3.06. The van der Waals surface area contributed by atoms with Gasteiger partial charge in [0.25, 0.3) is 0 Å². The monoisotopic (exact) mass is 151 g/mol. The maximum atomic E-state index is 5.51. The van der Waals surface area contributed by atoms with Crippen molar-refractivity contribution in [1.29, 1.82) is 0 Å². The third kappa shape index (κ3) is 1.76. The van der Waals surface area contributed by atoms with Crippen LogP contribution < -0.4 is 11.5 Å². The Morgan fingerprint density at radius 2 is 1.91 bits per heavy atom. The summed E-state index contributed by atoms with van der Waals surface area (Å²) in [5.74, 6) is 0. The molecule has 1 aromatic heterocycles. The van der Waals surface area contributed by atoms with E-state index in [1.807, 2.05) is 13.0 Å². The number of nitrogens with two attached hydrogens (primary N) is 2. The molecule has 0 aliphatic rings. The van der Waals surface area contributed by atoms with Crippen LogP contribution in [0.25, 0.3) is 0 Å². The van der Waals surface area contributed by atoms with E-state index in [1.54, 1.807) is 6.20 Å². The number of aryl methyl sites for hydroxylation is 1. The molecule has 0 fully saturated rings. The van der Waals surface area contributed by atoms with Crippen molar-refractivity contribution >= 4 is 0 Å². The highest BCUT2D eigenvalue weighted by Gasteiger charge is 1.98. The minimum atomic E-state index is 0.514. The van der Waals surface area contributed by atoms with Crippen LogP contribution in [0.4, 0.5) is 0 Å². The SMILES string of the molecule is Cc1cc(CN)c(CN)cn1. The summed E-state index contributed by atoms with van der Waals surface area (Å²) in [6.07, 6.45) is 1.79. The molecular weight excluding hydrogens is 138 g/mol. The number of nitrogens with zero attached hydrogens (tertiary/aromatic N) is 1. The van der Waals surface area contributed by atoms with Crippen LogP contribution in [-0.2, 0) is 13.1 Å². The second-order valence-electron chi connectivity index (χ2n) is 2.50. The molecule has 0 aliphatic heterocycles. The molecule has 1 aromatic rings. The predicted molar refractivity (Wildman–Crippen MR) is 44.8 cm³/mol. The van der Waals surface area contributed by atoms with E-state index < -0.39 is 0 Å². The van der Waals surface area contributed by atoms with Crippen molar-refractivity contribution in [3.05, 3.63) is 29.1 Å². The van der Waals surface area contributed by atoms with Crippen LogP contribution in [0, 0.1) is 6.92 Å². The predicted octanol–water partition coefficient (Wildman–Crippen LogP) is 0.307. The summed E-state index contributed by atoms with van der Waals surface area (Å²) in [4.78, 5) is 4.12. The number of aromatic nitrogens is 1. The standard InChI is InChI=1S/C8H13N3/c1-6-2-7(3-9)8(4-10)5-11-6/h2,5H,3-4,9-10H2,1H3. The van der Waals surface area contributed by atoms with Crippen LogP contribution in [0.15, 0.2) is 12.3 Å². The normalized spacial score (nSPS) is 10.1. The van der Waals surface area contributed by atoms with Crippen LogP contribution in [0.1, 0.15) is 16.8 Å². The summed E-state index contributed by atoms with van der Waals surface area (Å²) in [7, 11) is 0. The summed E-state index contributed by atoms with van der Waals surface area (Å²) in [5, 5.41) is 0. The lowest BCUT2D eigenvalue weighted by Crippen LogP contribution is -2.07. The van der Waals surface area contributed by atoms with Gasteiger partial charge < -0.3 is 11.5 Å². The molecule has 1 heterocycles. The van der Waals surface area contributed by atoms with Gasteiger partial charge in [-0.25, -0.2) is 0 Å². The lowest BCUT2D eigenvalue weighted by molar-refractivity contribution is 0.950. The highest BCUT2D eigenvalue weighted by atomic mass is 14.7. The first-order valence-electron chi connectivity index (χ1n) is 3.62. The van der Waals surface area contributed by atoms with Gasteiger partial charge in [-0.3, -0.25) is 4.98 Å². The molecule has 0 atom stereocenters. The van der Waals surface area contributed by atoms with Crippen molar-refractivity contribution in [2.45, 2.75) is 20.0 Å². The molecule has 3 heteroatoms. The summed E-state index contributed by atoms with van der Waals surface area (Å²) < 4.78 is 0. The van der Waals surface area contributed by atoms with Gasteiger partial charge in [0.1, 0.15) is 0 Å². The smallest absolute Gasteiger partial charge is 0.0376 e. The Labute approximate surface area is 66.4 Å². The van der Waals surface area contributed by atoms with Gasteiger partial charge in [-0.1, -0.05) is 0 Å². The van der Waals surface area contributed by atoms with E-state index in [2.05, 4.69) is 4.98 Å². The van der Waals surface area contributed by atoms with Crippen molar-refractivity contribution in [2.24, 2.45) is 11.5 Å². The molecule has 0 spiro atoms. The Kier molecular flexibility index (Phi) is 2.57. The van der Waals surface area contributed by atoms with Crippen LogP contribution in [0.5, 0.6) is 0 Å². The van der Waals surface area contributed by atoms with E-state index in [4.69, 9.17) is 11.5 Å². The van der Waals surface area contributed by atoms with Gasteiger partial charge in [-0.15, -0.1) is 0 Å². The molecule has 4 N–H and O–H groups in total. The van der Waals surface area contributed by atoms with E-state index in [0.717, 1.165) is 16.8 Å². The maximum Gasteiger partial charge on any atom is 0.0376 e. The zero-order valence-corrected chi connectivity index (χ0v) is 6.67. The summed E-state index contributed by atoms with van der Waals surface area (Å²) in [5.41, 5.74) is 14.1. The lowest BCUT2D eigenvalue weighted by Gasteiger charge is -2.04. The van der Waals surface area contributed by atoms with E-state index in [0.29, 0.717) is 13.1 Å². The molecule has 0 unspecified atom stereocenters. The van der Waals surface area contributed by atoms with Gasteiger partial charge in [0.05, 0.1) is 0 Å². The summed E-state index contributed by atoms with van der Waals surface area (Å²) in [6, 6.07) is 1.97. The quantitative estimate of drug-likeness (QED) is 0.639. The molecule has 0 radical (unpaired) electrons. The Bertz CT molecular complexity index is 245. The first-order valence-corrected chi connectivity index (χ1v) is 3.62. The first-order chi connectivity index (χ1) is 5.27. The minimum Gasteiger partial charge on any atom is -0.326 e. The third-order valence-electron chi connectivity index (χ3n) is 1.66. The van der Waals surface area contributed by atoms with Gasteiger partial charge in [0, 0.05) is 25.0 Å². The van der Waals surface area contributed by atoms with Gasteiger partial charge in [0.15, 0.2) is 0 Å². The van der Waals surface area contributed by atoms with Gasteiger partial charge in [0.2, 0.25) is 0 Å². The second-order valence-corrected chi connectivity index (χ2v) is 2.50. The van der Waals surface area contributed by atoms with Crippen LogP contribution in [0.2, 0.25) is 0 Å². The minimum absolute atomic E-state index is 0.514. The Morgan fingerprint density at radius 1 is 1.27 bits per heavy atom. The maximum absolute atomic E-state index is 5.51. The molecule has 11 heavy (non-hydrogen) atoms. The van der Waals surface area contributed by atoms with Crippen LogP contribution >= 0.6 is 0 Å². The molecule has 0 amide bonds. The van der Waals surface area contributed by atoms with E-state index in [-0.39, 0.29) is 0 Å². The van der Waals surface area contributed by atoms with Gasteiger partial charge in [-0.2, -0.15) is 0 Å². The van der Waals surface area contributed by atoms with Gasteiger partial charge >= 0.3 is 0 Å². The Morgan fingerprint density at radius 3 is 2.45 bits per heavy atom. The van der Waals surface area contributed by atoms with Crippen molar-refractivity contribution in [3.63, 3.8) is 0 Å². The Hall–Kier alpha value is -0.930. The summed E-state index contributed by atoms with van der Waals surface area (Å²) in [6.45, 7) is 3.00. The molecule has 0 aliphatic carbocycles. The first kappa shape index (κ1) is 8.17. The number of hydrogen-bond donors (Lipinski definition) is 2. The van der Waals surface area contributed by atoms with E-state index in [1.165, 1.54) is 0 Å². The van der Waals surface area contributed by atoms with Crippen molar-refractivity contribution in [3.8, 4) is 0 Å². The number of pyridine rings is 1. The molecule has 0 bridgehead atoms. The summed E-state index contributed by atoms with van der Waals surface area (Å²) >= 11 is 0. The second kappa shape index (κ2) is 3.46. The molecule has 0 saturated carbocycles. The molecule has 60 valence electrons. The molecule has 1 rings (SSSR count). The van der Waals surface area contributed by atoms with E-state index in [9.17, 15) is 0 Å². The molecular formula is C8H13N3. The number of rotatable bonds is 2. The topological polar surface area (TPSA) is 64.9 Å². The zero-order valence-electron chi connectivity index (χ0n) is 6.67. The van der Waals surface area contributed by atoms with Crippen molar-refractivity contribution < 1.29 is 0 Å². The van der Waals surface area contributed by atoms with Crippen LogP contribution in [-0.4, -0.2) is 4.98 Å². The lowest BCUT2D eigenvalue weighted by atomic mass is 10.1. The van der Waals surface area contributed by atoms with Crippen LogP contribution in [0.3, 0.4) is 0 Å². The molecule has 0 saturated heterocycles. The van der Waals surface area contributed by atoms with Crippen molar-refractivity contribution in [1.82, 2.24) is 4.98 Å². The zero-order chi connectivity index (χ0) is 8.27. The fraction of sp³-hybridized carbons (Fsp3) is 0.375. The fourth-order valence-corrected chi connectivity index (χ4v) is 1.02. The van der Waals surface area contributed by atoms with E-state index >= 15 is 0 Å². The average Bonchev–Trinajstić information content (AvgIpc) is 2.04.